The summed E-state index contributed by atoms with van der Waals surface area (Å²) in [6.45, 7) is 12.3. The van der Waals surface area contributed by atoms with Crippen LogP contribution in [0.1, 0.15) is 41.0 Å². The van der Waals surface area contributed by atoms with Crippen molar-refractivity contribution in [1.82, 2.24) is 0 Å². The second-order valence-electron chi connectivity index (χ2n) is 4.50. The Morgan fingerprint density at radius 1 is 1.00 bits per heavy atom. The summed E-state index contributed by atoms with van der Waals surface area (Å²) in [7, 11) is -2.85. The van der Waals surface area contributed by atoms with Gasteiger partial charge in [0, 0.05) is 26.4 Å². The van der Waals surface area contributed by atoms with Crippen molar-refractivity contribution in [3.63, 3.8) is 0 Å². The van der Waals surface area contributed by atoms with Crippen LogP contribution in [0.5, 0.6) is 0 Å². The minimum Gasteiger partial charge on any atom is -0.372 e. The van der Waals surface area contributed by atoms with Gasteiger partial charge in [-0.3, -0.25) is 0 Å². The summed E-state index contributed by atoms with van der Waals surface area (Å²) in [5.74, 6) is 0. The van der Waals surface area contributed by atoms with Crippen molar-refractivity contribution in [2.45, 2.75) is 59.0 Å². The molecule has 0 spiro atoms. The highest BCUT2D eigenvalue weighted by Gasteiger charge is 2.60. The molecule has 1 heterocycles. The Balaban J connectivity index is 2.85. The Morgan fingerprint density at radius 2 is 1.47 bits per heavy atom. The van der Waals surface area contributed by atoms with Crippen molar-refractivity contribution < 1.29 is 22.8 Å². The van der Waals surface area contributed by atoms with Gasteiger partial charge in [-0.25, -0.2) is 0 Å². The van der Waals surface area contributed by atoms with E-state index < -0.39 is 8.80 Å². The number of epoxide rings is 1. The van der Waals surface area contributed by atoms with E-state index in [1.165, 1.54) is 0 Å². The third-order valence-corrected chi connectivity index (χ3v) is 6.21. The average Bonchev–Trinajstić information content (AvgIpc) is 3.07. The minimum absolute atomic E-state index is 0.0304. The highest BCUT2D eigenvalue weighted by Crippen LogP contribution is 2.33. The Labute approximate surface area is 117 Å². The van der Waals surface area contributed by atoms with Crippen molar-refractivity contribution in [2.24, 2.45) is 0 Å². The van der Waals surface area contributed by atoms with E-state index in [9.17, 15) is 0 Å². The molecule has 0 aromatic rings. The topological polar surface area (TPSA) is 49.5 Å². The number of hydrogen-bond acceptors (Lipinski definition) is 5. The van der Waals surface area contributed by atoms with E-state index in [1.807, 2.05) is 27.7 Å². The van der Waals surface area contributed by atoms with Crippen LogP contribution in [0, 0.1) is 0 Å². The van der Waals surface area contributed by atoms with Gasteiger partial charge in [0.05, 0.1) is 6.10 Å². The van der Waals surface area contributed by atoms with Gasteiger partial charge < -0.3 is 22.8 Å². The van der Waals surface area contributed by atoms with Crippen molar-refractivity contribution in [3.05, 3.63) is 0 Å². The third kappa shape index (κ3) is 4.51. The molecule has 1 aliphatic rings. The Hall–Kier alpha value is 0.0169. The van der Waals surface area contributed by atoms with Gasteiger partial charge in [-0.05, 0) is 34.1 Å². The van der Waals surface area contributed by atoms with E-state index in [2.05, 4.69) is 6.92 Å². The zero-order valence-electron chi connectivity index (χ0n) is 12.8. The van der Waals surface area contributed by atoms with Crippen molar-refractivity contribution in [3.8, 4) is 0 Å². The van der Waals surface area contributed by atoms with Gasteiger partial charge >= 0.3 is 8.80 Å². The SMILES string of the molecule is CCCOC(C1OC1C)[Si](OCC)(OCC)OCC. The molecule has 1 rings (SSSR count). The molecule has 5 nitrogen and oxygen atoms in total. The monoisotopic (exact) mass is 292 g/mol. The van der Waals surface area contributed by atoms with Crippen LogP contribution in [-0.4, -0.2) is 53.2 Å². The van der Waals surface area contributed by atoms with Crippen LogP contribution in [0.25, 0.3) is 0 Å². The van der Waals surface area contributed by atoms with Crippen LogP contribution in [-0.2, 0) is 22.8 Å². The lowest BCUT2D eigenvalue weighted by atomic mass is 10.3. The van der Waals surface area contributed by atoms with Crippen molar-refractivity contribution in [2.75, 3.05) is 26.4 Å². The Morgan fingerprint density at radius 3 is 1.79 bits per heavy atom. The summed E-state index contributed by atoms with van der Waals surface area (Å²) >= 11 is 0. The molecule has 0 aromatic carbocycles. The van der Waals surface area contributed by atoms with Crippen LogP contribution in [0.4, 0.5) is 0 Å². The highest BCUT2D eigenvalue weighted by molar-refractivity contribution is 6.62. The fraction of sp³-hybridized carbons (Fsp3) is 1.00. The molecule has 1 saturated heterocycles. The lowest BCUT2D eigenvalue weighted by molar-refractivity contribution is -0.0192. The first-order valence-electron chi connectivity index (χ1n) is 7.34. The molecule has 1 aliphatic heterocycles. The van der Waals surface area contributed by atoms with Crippen molar-refractivity contribution >= 4 is 8.80 Å². The van der Waals surface area contributed by atoms with Gasteiger partial charge in [0.2, 0.25) is 0 Å². The summed E-state index contributed by atoms with van der Waals surface area (Å²) in [5, 5.41) is 0. The first-order valence-corrected chi connectivity index (χ1v) is 9.14. The Kier molecular flexibility index (Phi) is 7.49. The second kappa shape index (κ2) is 8.34. The van der Waals surface area contributed by atoms with E-state index in [1.54, 1.807) is 0 Å². The second-order valence-corrected chi connectivity index (χ2v) is 7.14. The number of ether oxygens (including phenoxy) is 2. The molecule has 1 fully saturated rings. The molecular formula is C13H28O5Si. The molecule has 0 aromatic heterocycles. The molecule has 0 bridgehead atoms. The van der Waals surface area contributed by atoms with E-state index >= 15 is 0 Å². The summed E-state index contributed by atoms with van der Waals surface area (Å²) < 4.78 is 29.3. The molecule has 3 atom stereocenters. The van der Waals surface area contributed by atoms with Gasteiger partial charge in [0.15, 0.2) is 5.73 Å². The first-order chi connectivity index (χ1) is 9.15. The maximum absolute atomic E-state index is 5.97. The van der Waals surface area contributed by atoms with Crippen molar-refractivity contribution in [1.29, 1.82) is 0 Å². The van der Waals surface area contributed by atoms with Crippen LogP contribution in [0.2, 0.25) is 0 Å². The molecule has 19 heavy (non-hydrogen) atoms. The average molecular weight is 292 g/mol. The highest BCUT2D eigenvalue weighted by atomic mass is 28.4. The molecule has 114 valence electrons. The first kappa shape index (κ1) is 17.1. The van der Waals surface area contributed by atoms with E-state index in [0.717, 1.165) is 6.42 Å². The maximum atomic E-state index is 5.97. The fourth-order valence-corrected chi connectivity index (χ4v) is 5.16. The number of rotatable bonds is 11. The summed E-state index contributed by atoms with van der Waals surface area (Å²) in [4.78, 5) is 0. The zero-order chi connectivity index (χ0) is 14.3. The summed E-state index contributed by atoms with van der Waals surface area (Å²) in [6, 6.07) is 0. The lowest BCUT2D eigenvalue weighted by Gasteiger charge is -2.34. The molecule has 3 unspecified atom stereocenters. The summed E-state index contributed by atoms with van der Waals surface area (Å²) in [5.41, 5.74) is -0.220. The van der Waals surface area contributed by atoms with E-state index in [-0.39, 0.29) is 17.9 Å². The lowest BCUT2D eigenvalue weighted by Crippen LogP contribution is -2.60. The molecule has 0 radical (unpaired) electrons. The van der Waals surface area contributed by atoms with Gasteiger partial charge in [-0.1, -0.05) is 6.92 Å². The predicted molar refractivity (Wildman–Crippen MR) is 75.0 cm³/mol. The van der Waals surface area contributed by atoms with Crippen LogP contribution in [0.3, 0.4) is 0 Å². The molecule has 6 heteroatoms. The molecular weight excluding hydrogens is 264 g/mol. The maximum Gasteiger partial charge on any atom is 0.534 e. The smallest absolute Gasteiger partial charge is 0.372 e. The molecule has 0 N–H and O–H groups in total. The van der Waals surface area contributed by atoms with Gasteiger partial charge in [0.1, 0.15) is 6.10 Å². The van der Waals surface area contributed by atoms with Crippen LogP contribution >= 0.6 is 0 Å². The largest absolute Gasteiger partial charge is 0.534 e. The molecule has 0 amide bonds. The molecule has 0 saturated carbocycles. The van der Waals surface area contributed by atoms with E-state index in [4.69, 9.17) is 22.8 Å². The van der Waals surface area contributed by atoms with Gasteiger partial charge in [-0.15, -0.1) is 0 Å². The Bertz CT molecular complexity index is 234. The zero-order valence-corrected chi connectivity index (χ0v) is 13.8. The quantitative estimate of drug-likeness (QED) is 0.431. The minimum atomic E-state index is -2.85. The van der Waals surface area contributed by atoms with Crippen LogP contribution < -0.4 is 0 Å². The normalized spacial score (nSPS) is 24.5. The molecule has 0 aliphatic carbocycles. The van der Waals surface area contributed by atoms with Gasteiger partial charge in [-0.2, -0.15) is 0 Å². The van der Waals surface area contributed by atoms with Gasteiger partial charge in [0.25, 0.3) is 0 Å². The predicted octanol–water partition coefficient (Wildman–Crippen LogP) is 2.16. The fourth-order valence-electron chi connectivity index (χ4n) is 2.14. The van der Waals surface area contributed by atoms with E-state index in [0.29, 0.717) is 26.4 Å². The number of hydrogen-bond donors (Lipinski definition) is 0. The standard InChI is InChI=1S/C13H28O5Si/c1-6-10-14-13(12-11(5)18-12)19(15-7-2,16-8-3)17-9-4/h11-13H,6-10H2,1-5H3. The summed E-state index contributed by atoms with van der Waals surface area (Å²) in [6.07, 6.45) is 1.17. The van der Waals surface area contributed by atoms with Crippen LogP contribution in [0.15, 0.2) is 0 Å². The third-order valence-electron chi connectivity index (χ3n) is 2.94.